The van der Waals surface area contributed by atoms with Crippen LogP contribution in [0.3, 0.4) is 0 Å². The van der Waals surface area contributed by atoms with E-state index in [1.807, 2.05) is 12.1 Å². The summed E-state index contributed by atoms with van der Waals surface area (Å²) in [7, 11) is 0. The average molecular weight is 376 g/mol. The summed E-state index contributed by atoms with van der Waals surface area (Å²) in [4.78, 5) is 13.0. The number of nitrogens with one attached hydrogen (secondary N) is 1. The van der Waals surface area contributed by atoms with Crippen LogP contribution in [0.5, 0.6) is 11.5 Å². The lowest BCUT2D eigenvalue weighted by atomic mass is 9.88. The third kappa shape index (κ3) is 2.42. The Labute approximate surface area is 163 Å². The molecule has 0 atom stereocenters. The molecule has 3 aromatic rings. The molecule has 0 radical (unpaired) electrons. The van der Waals surface area contributed by atoms with Crippen molar-refractivity contribution in [2.24, 2.45) is 0 Å². The first kappa shape index (κ1) is 17.2. The normalized spacial score (nSPS) is 18.8. The van der Waals surface area contributed by atoms with Gasteiger partial charge in [-0.05, 0) is 61.2 Å². The molecule has 1 fully saturated rings. The summed E-state index contributed by atoms with van der Waals surface area (Å²) in [5, 5.41) is 23.5. The Bertz CT molecular complexity index is 1120. The second-order valence-corrected chi connectivity index (χ2v) is 8.83. The molecule has 5 nitrogen and oxygen atoms in total. The van der Waals surface area contributed by atoms with Crippen molar-refractivity contribution in [3.63, 3.8) is 0 Å². The quantitative estimate of drug-likeness (QED) is 0.593. The third-order valence-corrected chi connectivity index (χ3v) is 6.53. The molecule has 2 heterocycles. The lowest BCUT2D eigenvalue weighted by Crippen LogP contribution is -2.27. The lowest BCUT2D eigenvalue weighted by Gasteiger charge is -2.16. The number of nitrogens with zero attached hydrogens (tertiary/aromatic N) is 1. The van der Waals surface area contributed by atoms with Crippen molar-refractivity contribution in [1.82, 2.24) is 4.57 Å². The topological polar surface area (TPSA) is 74.5 Å². The highest BCUT2D eigenvalue weighted by molar-refractivity contribution is 6.02. The largest absolute Gasteiger partial charge is 0.504 e. The molecule has 5 heteroatoms. The highest BCUT2D eigenvalue weighted by atomic mass is 16.3. The number of hydrogen-bond donors (Lipinski definition) is 3. The molecular weight excluding hydrogens is 352 g/mol. The van der Waals surface area contributed by atoms with Crippen LogP contribution in [-0.4, -0.2) is 20.7 Å². The second kappa shape index (κ2) is 5.53. The summed E-state index contributed by atoms with van der Waals surface area (Å²) in [6, 6.07) is 13.0. The first-order valence-corrected chi connectivity index (χ1v) is 9.78. The Morgan fingerprint density at radius 1 is 1.00 bits per heavy atom. The minimum atomic E-state index is -0.620. The Kier molecular flexibility index (Phi) is 3.39. The van der Waals surface area contributed by atoms with Crippen molar-refractivity contribution in [2.75, 3.05) is 5.32 Å². The van der Waals surface area contributed by atoms with E-state index in [1.54, 1.807) is 6.07 Å². The molecule has 1 amide bonds. The van der Waals surface area contributed by atoms with Crippen LogP contribution in [0, 0.1) is 0 Å². The van der Waals surface area contributed by atoms with E-state index in [0.29, 0.717) is 0 Å². The molecular formula is C23H24N2O3. The third-order valence-electron chi connectivity index (χ3n) is 6.53. The first-order valence-electron chi connectivity index (χ1n) is 9.78. The highest BCUT2D eigenvalue weighted by Crippen LogP contribution is 2.50. The number of rotatable bonds is 3. The minimum absolute atomic E-state index is 0.0657. The van der Waals surface area contributed by atoms with Gasteiger partial charge < -0.3 is 20.1 Å². The Morgan fingerprint density at radius 3 is 2.50 bits per heavy atom. The van der Waals surface area contributed by atoms with Crippen LogP contribution in [0.15, 0.2) is 42.5 Å². The predicted molar refractivity (Wildman–Crippen MR) is 109 cm³/mol. The van der Waals surface area contributed by atoms with Gasteiger partial charge in [0.2, 0.25) is 5.91 Å². The van der Waals surface area contributed by atoms with Crippen molar-refractivity contribution >= 4 is 22.5 Å². The smallest absolute Gasteiger partial charge is 0.235 e. The summed E-state index contributed by atoms with van der Waals surface area (Å²) in [6.07, 6.45) is 2.62. The number of aromatic hydroxyl groups is 2. The SMILES string of the molecule is CC1(C)CCn2c1cc1cc(NC(=O)C3(c4ccc(O)c(O)c4)CC3)ccc12. The van der Waals surface area contributed by atoms with Gasteiger partial charge in [0.05, 0.1) is 5.41 Å². The number of phenolic OH excluding ortho intramolecular Hbond substituents is 2. The molecule has 3 N–H and O–H groups in total. The average Bonchev–Trinajstić information content (AvgIpc) is 3.30. The molecule has 0 unspecified atom stereocenters. The van der Waals surface area contributed by atoms with Gasteiger partial charge in [-0.15, -0.1) is 0 Å². The fraction of sp³-hybridized carbons (Fsp3) is 0.348. The zero-order valence-corrected chi connectivity index (χ0v) is 16.1. The molecule has 144 valence electrons. The monoisotopic (exact) mass is 376 g/mol. The van der Waals surface area contributed by atoms with Gasteiger partial charge in [0.25, 0.3) is 0 Å². The number of benzene rings is 2. The van der Waals surface area contributed by atoms with Crippen LogP contribution in [0.4, 0.5) is 5.69 Å². The van der Waals surface area contributed by atoms with Gasteiger partial charge in [0.15, 0.2) is 11.5 Å². The maximum atomic E-state index is 13.0. The van der Waals surface area contributed by atoms with Crippen LogP contribution in [0.25, 0.3) is 10.9 Å². The summed E-state index contributed by atoms with van der Waals surface area (Å²) in [5.41, 5.74) is 3.65. The molecule has 1 aliphatic carbocycles. The number of anilines is 1. The number of phenols is 2. The van der Waals surface area contributed by atoms with Gasteiger partial charge in [-0.3, -0.25) is 4.79 Å². The zero-order chi connectivity index (χ0) is 19.7. The van der Waals surface area contributed by atoms with Crippen LogP contribution in [0.2, 0.25) is 0 Å². The molecule has 28 heavy (non-hydrogen) atoms. The number of hydrogen-bond acceptors (Lipinski definition) is 3. The molecule has 2 aliphatic rings. The minimum Gasteiger partial charge on any atom is -0.504 e. The van der Waals surface area contributed by atoms with Crippen LogP contribution in [-0.2, 0) is 22.2 Å². The van der Waals surface area contributed by atoms with Gasteiger partial charge in [-0.1, -0.05) is 19.9 Å². The van der Waals surface area contributed by atoms with Crippen LogP contribution < -0.4 is 5.32 Å². The summed E-state index contributed by atoms with van der Waals surface area (Å²) in [5.74, 6) is -0.428. The molecule has 0 spiro atoms. The summed E-state index contributed by atoms with van der Waals surface area (Å²) < 4.78 is 2.38. The van der Waals surface area contributed by atoms with Gasteiger partial charge in [0, 0.05) is 34.2 Å². The van der Waals surface area contributed by atoms with Gasteiger partial charge >= 0.3 is 0 Å². The number of carbonyl (C=O) groups excluding carboxylic acids is 1. The Hall–Kier alpha value is -2.95. The van der Waals surface area contributed by atoms with Crippen molar-refractivity contribution in [3.05, 3.63) is 53.7 Å². The highest BCUT2D eigenvalue weighted by Gasteiger charge is 2.51. The Balaban J connectivity index is 1.44. The van der Waals surface area contributed by atoms with E-state index in [2.05, 4.69) is 35.9 Å². The van der Waals surface area contributed by atoms with Crippen molar-refractivity contribution in [2.45, 2.75) is 50.5 Å². The fourth-order valence-corrected chi connectivity index (χ4v) is 4.51. The van der Waals surface area contributed by atoms with Crippen molar-refractivity contribution < 1.29 is 15.0 Å². The van der Waals surface area contributed by atoms with Gasteiger partial charge in [0.1, 0.15) is 0 Å². The molecule has 1 aliphatic heterocycles. The standard InChI is InChI=1S/C23H24N2O3/c1-22(2)9-10-25-17-5-4-16(11-14(17)12-20(22)25)24-21(28)23(7-8-23)15-3-6-18(26)19(27)13-15/h3-6,11-13,26-27H,7-10H2,1-2H3,(H,24,28). The van der Waals surface area contributed by atoms with Crippen LogP contribution >= 0.6 is 0 Å². The first-order chi connectivity index (χ1) is 13.3. The van der Waals surface area contributed by atoms with Crippen LogP contribution in [0.1, 0.15) is 44.4 Å². The molecule has 2 aromatic carbocycles. The Morgan fingerprint density at radius 2 is 1.79 bits per heavy atom. The predicted octanol–water partition coefficient (Wildman–Crippen LogP) is 4.40. The summed E-state index contributed by atoms with van der Waals surface area (Å²) >= 11 is 0. The van der Waals surface area contributed by atoms with E-state index in [1.165, 1.54) is 23.3 Å². The molecule has 5 rings (SSSR count). The number of aryl methyl sites for hydroxylation is 1. The van der Waals surface area contributed by atoms with Crippen molar-refractivity contribution in [3.8, 4) is 11.5 Å². The number of aromatic nitrogens is 1. The van der Waals surface area contributed by atoms with E-state index in [-0.39, 0.29) is 22.8 Å². The number of carbonyl (C=O) groups is 1. The van der Waals surface area contributed by atoms with Crippen molar-refractivity contribution in [1.29, 1.82) is 0 Å². The summed E-state index contributed by atoms with van der Waals surface area (Å²) in [6.45, 7) is 5.58. The molecule has 1 aromatic heterocycles. The number of amides is 1. The van der Waals surface area contributed by atoms with E-state index >= 15 is 0 Å². The fourth-order valence-electron chi connectivity index (χ4n) is 4.51. The maximum Gasteiger partial charge on any atom is 0.235 e. The van der Waals surface area contributed by atoms with Gasteiger partial charge in [-0.2, -0.15) is 0 Å². The van der Waals surface area contributed by atoms with E-state index in [9.17, 15) is 15.0 Å². The number of fused-ring (bicyclic) bond motifs is 3. The second-order valence-electron chi connectivity index (χ2n) is 8.83. The zero-order valence-electron chi connectivity index (χ0n) is 16.1. The maximum absolute atomic E-state index is 13.0. The van der Waals surface area contributed by atoms with E-state index < -0.39 is 5.41 Å². The molecule has 1 saturated carbocycles. The molecule has 0 bridgehead atoms. The molecule has 0 saturated heterocycles. The van der Waals surface area contributed by atoms with E-state index in [4.69, 9.17) is 0 Å². The van der Waals surface area contributed by atoms with Gasteiger partial charge in [-0.25, -0.2) is 0 Å². The van der Waals surface area contributed by atoms with E-state index in [0.717, 1.165) is 42.4 Å². The lowest BCUT2D eigenvalue weighted by molar-refractivity contribution is -0.118.